The Kier molecular flexibility index (Phi) is 2.91. The Balaban J connectivity index is 2.27. The van der Waals surface area contributed by atoms with Crippen molar-refractivity contribution in [3.05, 3.63) is 60.3 Å². The van der Waals surface area contributed by atoms with Crippen LogP contribution in [-0.2, 0) is 16.9 Å². The van der Waals surface area contributed by atoms with Crippen LogP contribution in [0.15, 0.2) is 64.5 Å². The van der Waals surface area contributed by atoms with Gasteiger partial charge in [-0.2, -0.15) is 0 Å². The number of fused-ring (bicyclic) bond motifs is 1. The van der Waals surface area contributed by atoms with Crippen LogP contribution in [0, 0.1) is 6.92 Å². The third-order valence-electron chi connectivity index (χ3n) is 3.48. The van der Waals surface area contributed by atoms with Crippen LogP contribution in [0.1, 0.15) is 5.56 Å². The van der Waals surface area contributed by atoms with Crippen molar-refractivity contribution in [2.24, 2.45) is 7.05 Å². The predicted molar refractivity (Wildman–Crippen MR) is 79.5 cm³/mol. The van der Waals surface area contributed by atoms with E-state index in [0.29, 0.717) is 9.79 Å². The average Bonchev–Trinajstić information content (AvgIpc) is 2.78. The van der Waals surface area contributed by atoms with Gasteiger partial charge in [0.2, 0.25) is 9.84 Å². The van der Waals surface area contributed by atoms with Gasteiger partial charge in [-0.3, -0.25) is 0 Å². The molecule has 0 N–H and O–H groups in total. The highest BCUT2D eigenvalue weighted by Gasteiger charge is 2.22. The van der Waals surface area contributed by atoms with Crippen molar-refractivity contribution in [2.45, 2.75) is 16.7 Å². The zero-order chi connectivity index (χ0) is 14.3. The summed E-state index contributed by atoms with van der Waals surface area (Å²) in [4.78, 5) is 0.693. The molecule has 0 aliphatic heterocycles. The molecule has 0 spiro atoms. The van der Waals surface area contributed by atoms with E-state index >= 15 is 0 Å². The number of para-hydroxylation sites is 1. The summed E-state index contributed by atoms with van der Waals surface area (Å²) in [6.07, 6.45) is 1.68. The van der Waals surface area contributed by atoms with Crippen molar-refractivity contribution in [3.63, 3.8) is 0 Å². The first-order valence-electron chi connectivity index (χ1n) is 6.36. The fourth-order valence-electron chi connectivity index (χ4n) is 2.36. The molecule has 1 aromatic heterocycles. The zero-order valence-corrected chi connectivity index (χ0v) is 12.2. The summed E-state index contributed by atoms with van der Waals surface area (Å²) in [5.74, 6) is 0. The Morgan fingerprint density at radius 1 is 0.950 bits per heavy atom. The van der Waals surface area contributed by atoms with Crippen molar-refractivity contribution < 1.29 is 8.42 Å². The lowest BCUT2D eigenvalue weighted by Crippen LogP contribution is -2.01. The number of hydrogen-bond donors (Lipinski definition) is 0. The molecule has 3 nitrogen and oxygen atoms in total. The molecular formula is C16H15NO2S. The Morgan fingerprint density at radius 3 is 2.30 bits per heavy atom. The molecule has 0 radical (unpaired) electrons. The minimum atomic E-state index is -3.48. The second-order valence-corrected chi connectivity index (χ2v) is 6.86. The number of hydrogen-bond acceptors (Lipinski definition) is 2. The molecule has 0 saturated carbocycles. The molecule has 0 aliphatic rings. The molecule has 0 saturated heterocycles. The Labute approximate surface area is 118 Å². The van der Waals surface area contributed by atoms with E-state index in [-0.39, 0.29) is 0 Å². The summed E-state index contributed by atoms with van der Waals surface area (Å²) in [7, 11) is -1.62. The van der Waals surface area contributed by atoms with E-state index in [0.717, 1.165) is 16.5 Å². The van der Waals surface area contributed by atoms with Crippen LogP contribution in [0.3, 0.4) is 0 Å². The minimum Gasteiger partial charge on any atom is -0.349 e. The maximum Gasteiger partial charge on any atom is 0.208 e. The van der Waals surface area contributed by atoms with Gasteiger partial charge in [-0.05, 0) is 25.1 Å². The smallest absolute Gasteiger partial charge is 0.208 e. The molecule has 0 unspecified atom stereocenters. The molecule has 0 atom stereocenters. The van der Waals surface area contributed by atoms with E-state index in [9.17, 15) is 8.42 Å². The summed E-state index contributed by atoms with van der Waals surface area (Å²) in [6, 6.07) is 14.5. The van der Waals surface area contributed by atoms with E-state index < -0.39 is 9.84 Å². The maximum absolute atomic E-state index is 12.8. The van der Waals surface area contributed by atoms with Crippen LogP contribution in [-0.4, -0.2) is 13.0 Å². The number of sulfone groups is 1. The summed E-state index contributed by atoms with van der Waals surface area (Å²) in [6.45, 7) is 1.94. The quantitative estimate of drug-likeness (QED) is 0.724. The van der Waals surface area contributed by atoms with Gasteiger partial charge in [-0.1, -0.05) is 35.9 Å². The first-order chi connectivity index (χ1) is 9.50. The van der Waals surface area contributed by atoms with Crippen molar-refractivity contribution in [2.75, 3.05) is 0 Å². The number of benzene rings is 2. The zero-order valence-electron chi connectivity index (χ0n) is 11.4. The molecule has 102 valence electrons. The van der Waals surface area contributed by atoms with Crippen molar-refractivity contribution in [1.29, 1.82) is 0 Å². The van der Waals surface area contributed by atoms with Crippen molar-refractivity contribution in [1.82, 2.24) is 4.57 Å². The second kappa shape index (κ2) is 4.49. The number of aryl methyl sites for hydroxylation is 2. The van der Waals surface area contributed by atoms with E-state index in [4.69, 9.17) is 0 Å². The third-order valence-corrected chi connectivity index (χ3v) is 5.28. The Bertz CT molecular complexity index is 874. The SMILES string of the molecule is Cc1ccc(S(=O)(=O)c2cn(C)c3ccccc23)cc1. The molecule has 20 heavy (non-hydrogen) atoms. The monoisotopic (exact) mass is 285 g/mol. The molecular weight excluding hydrogens is 270 g/mol. The molecule has 3 aromatic rings. The lowest BCUT2D eigenvalue weighted by Gasteiger charge is -2.03. The van der Waals surface area contributed by atoms with Gasteiger partial charge in [-0.15, -0.1) is 0 Å². The van der Waals surface area contributed by atoms with Crippen LogP contribution in [0.4, 0.5) is 0 Å². The highest BCUT2D eigenvalue weighted by atomic mass is 32.2. The molecule has 4 heteroatoms. The first kappa shape index (κ1) is 12.9. The topological polar surface area (TPSA) is 39.1 Å². The van der Waals surface area contributed by atoms with E-state index in [2.05, 4.69) is 0 Å². The minimum absolute atomic E-state index is 0.333. The number of aromatic nitrogens is 1. The molecule has 3 rings (SSSR count). The lowest BCUT2D eigenvalue weighted by atomic mass is 10.2. The Morgan fingerprint density at radius 2 is 1.60 bits per heavy atom. The molecule has 0 bridgehead atoms. The summed E-state index contributed by atoms with van der Waals surface area (Å²) < 4.78 is 27.4. The van der Waals surface area contributed by atoms with Gasteiger partial charge in [-0.25, -0.2) is 8.42 Å². The standard InChI is InChI=1S/C16H15NO2S/c1-12-7-9-13(10-8-12)20(18,19)16-11-17(2)15-6-4-3-5-14(15)16/h3-11H,1-2H3. The highest BCUT2D eigenvalue weighted by Crippen LogP contribution is 2.29. The summed E-state index contributed by atoms with van der Waals surface area (Å²) >= 11 is 0. The Hall–Kier alpha value is -2.07. The maximum atomic E-state index is 12.8. The van der Waals surface area contributed by atoms with Crippen LogP contribution < -0.4 is 0 Å². The van der Waals surface area contributed by atoms with Gasteiger partial charge in [0.1, 0.15) is 0 Å². The van der Waals surface area contributed by atoms with Gasteiger partial charge in [0.15, 0.2) is 0 Å². The van der Waals surface area contributed by atoms with Gasteiger partial charge in [0.25, 0.3) is 0 Å². The van der Waals surface area contributed by atoms with Gasteiger partial charge >= 0.3 is 0 Å². The van der Waals surface area contributed by atoms with Gasteiger partial charge in [0.05, 0.1) is 9.79 Å². The molecule has 1 heterocycles. The van der Waals surface area contributed by atoms with Crippen LogP contribution >= 0.6 is 0 Å². The lowest BCUT2D eigenvalue weighted by molar-refractivity contribution is 0.596. The van der Waals surface area contributed by atoms with Crippen molar-refractivity contribution >= 4 is 20.7 Å². The van der Waals surface area contributed by atoms with Crippen LogP contribution in [0.25, 0.3) is 10.9 Å². The summed E-state index contributed by atoms with van der Waals surface area (Å²) in [5.41, 5.74) is 1.96. The van der Waals surface area contributed by atoms with Crippen LogP contribution in [0.5, 0.6) is 0 Å². The fourth-order valence-corrected chi connectivity index (χ4v) is 3.87. The predicted octanol–water partition coefficient (Wildman–Crippen LogP) is 3.32. The largest absolute Gasteiger partial charge is 0.349 e. The first-order valence-corrected chi connectivity index (χ1v) is 7.84. The van der Waals surface area contributed by atoms with Crippen LogP contribution in [0.2, 0.25) is 0 Å². The van der Waals surface area contributed by atoms with E-state index in [1.54, 1.807) is 18.3 Å². The fraction of sp³-hybridized carbons (Fsp3) is 0.125. The van der Waals surface area contributed by atoms with Gasteiger partial charge < -0.3 is 4.57 Å². The second-order valence-electron chi connectivity index (χ2n) is 4.94. The summed E-state index contributed by atoms with van der Waals surface area (Å²) in [5, 5.41) is 0.760. The molecule has 0 aliphatic carbocycles. The normalized spacial score (nSPS) is 11.9. The van der Waals surface area contributed by atoms with E-state index in [1.807, 2.05) is 54.9 Å². The van der Waals surface area contributed by atoms with E-state index in [1.165, 1.54) is 0 Å². The van der Waals surface area contributed by atoms with Crippen molar-refractivity contribution in [3.8, 4) is 0 Å². The highest BCUT2D eigenvalue weighted by molar-refractivity contribution is 7.91. The number of rotatable bonds is 2. The number of nitrogens with zero attached hydrogens (tertiary/aromatic N) is 1. The molecule has 0 fully saturated rings. The third kappa shape index (κ3) is 1.93. The van der Waals surface area contributed by atoms with Gasteiger partial charge in [0, 0.05) is 24.1 Å². The molecule has 0 amide bonds. The average molecular weight is 285 g/mol. The molecule has 2 aromatic carbocycles.